The van der Waals surface area contributed by atoms with Crippen LogP contribution >= 0.6 is 0 Å². The average molecular weight is 441 g/mol. The Hall–Kier alpha value is -3.52. The molecular weight excluding hydrogens is 412 g/mol. The number of hydrogen-bond donors (Lipinski definition) is 1. The molecule has 33 heavy (non-hydrogen) atoms. The molecular formula is C25H28N8. The molecule has 6 rings (SSSR count). The normalized spacial score (nSPS) is 17.8. The van der Waals surface area contributed by atoms with Crippen LogP contribution < -0.4 is 10.6 Å². The van der Waals surface area contributed by atoms with Gasteiger partial charge in [0.05, 0.1) is 11.3 Å². The lowest BCUT2D eigenvalue weighted by molar-refractivity contribution is 0.207. The van der Waals surface area contributed by atoms with Gasteiger partial charge in [-0.1, -0.05) is 6.07 Å². The Kier molecular flexibility index (Phi) is 5.14. The van der Waals surface area contributed by atoms with Crippen LogP contribution in [0.15, 0.2) is 55.1 Å². The van der Waals surface area contributed by atoms with Crippen molar-refractivity contribution in [3.05, 3.63) is 55.1 Å². The topological polar surface area (TPSA) is 88.5 Å². The number of aromatic nitrogens is 5. The maximum absolute atomic E-state index is 6.25. The van der Waals surface area contributed by atoms with E-state index in [0.29, 0.717) is 17.5 Å². The van der Waals surface area contributed by atoms with E-state index in [2.05, 4.69) is 25.9 Å². The van der Waals surface area contributed by atoms with Gasteiger partial charge >= 0.3 is 0 Å². The Morgan fingerprint density at radius 3 is 2.48 bits per heavy atom. The van der Waals surface area contributed by atoms with Crippen LogP contribution in [0.2, 0.25) is 0 Å². The van der Waals surface area contributed by atoms with Gasteiger partial charge < -0.3 is 15.5 Å². The highest BCUT2D eigenvalue weighted by Crippen LogP contribution is 2.33. The lowest BCUT2D eigenvalue weighted by atomic mass is 10.0. The molecule has 0 aliphatic carbocycles. The summed E-state index contributed by atoms with van der Waals surface area (Å²) in [4.78, 5) is 19.0. The minimum atomic E-state index is 0.425. The van der Waals surface area contributed by atoms with Crippen molar-refractivity contribution in [2.75, 3.05) is 36.8 Å². The summed E-state index contributed by atoms with van der Waals surface area (Å²) >= 11 is 0. The van der Waals surface area contributed by atoms with Crippen molar-refractivity contribution in [1.82, 2.24) is 29.5 Å². The lowest BCUT2D eigenvalue weighted by Gasteiger charge is -2.37. The van der Waals surface area contributed by atoms with Gasteiger partial charge in [-0.25, -0.2) is 14.5 Å². The van der Waals surface area contributed by atoms with Gasteiger partial charge in [-0.3, -0.25) is 4.98 Å². The predicted octanol–water partition coefficient (Wildman–Crippen LogP) is 3.50. The van der Waals surface area contributed by atoms with Gasteiger partial charge in [0.2, 0.25) is 0 Å². The van der Waals surface area contributed by atoms with Crippen LogP contribution in [0.1, 0.15) is 25.7 Å². The molecule has 2 N–H and O–H groups in total. The van der Waals surface area contributed by atoms with Gasteiger partial charge in [0.1, 0.15) is 5.82 Å². The van der Waals surface area contributed by atoms with E-state index in [-0.39, 0.29) is 0 Å². The molecule has 0 bridgehead atoms. The van der Waals surface area contributed by atoms with Gasteiger partial charge in [-0.05, 0) is 63.0 Å². The largest absolute Gasteiger partial charge is 0.382 e. The Bertz CT molecular complexity index is 1250. The zero-order valence-corrected chi connectivity index (χ0v) is 18.6. The first kappa shape index (κ1) is 20.1. The Morgan fingerprint density at radius 1 is 0.879 bits per heavy atom. The number of pyridine rings is 2. The first-order chi connectivity index (χ1) is 16.3. The van der Waals surface area contributed by atoms with Crippen LogP contribution in [0.4, 0.5) is 11.6 Å². The second-order valence-corrected chi connectivity index (χ2v) is 8.92. The number of nitrogen functional groups attached to an aromatic ring is 1. The van der Waals surface area contributed by atoms with Gasteiger partial charge in [0.15, 0.2) is 11.5 Å². The monoisotopic (exact) mass is 440 g/mol. The molecule has 4 aromatic heterocycles. The summed E-state index contributed by atoms with van der Waals surface area (Å²) in [7, 11) is 0. The first-order valence-corrected chi connectivity index (χ1v) is 11.8. The predicted molar refractivity (Wildman–Crippen MR) is 130 cm³/mol. The molecule has 4 aromatic rings. The van der Waals surface area contributed by atoms with E-state index >= 15 is 0 Å². The number of piperidine rings is 1. The van der Waals surface area contributed by atoms with E-state index in [1.807, 2.05) is 42.9 Å². The molecule has 8 nitrogen and oxygen atoms in total. The fraction of sp³-hybridized carbons (Fsp3) is 0.360. The van der Waals surface area contributed by atoms with E-state index in [9.17, 15) is 0 Å². The molecule has 2 aliphatic rings. The number of hydrogen-bond acceptors (Lipinski definition) is 7. The van der Waals surface area contributed by atoms with Crippen LogP contribution in [0.25, 0.3) is 28.0 Å². The number of fused-ring (bicyclic) bond motifs is 1. The molecule has 168 valence electrons. The quantitative estimate of drug-likeness (QED) is 0.520. The van der Waals surface area contributed by atoms with E-state index in [1.165, 1.54) is 38.8 Å². The molecule has 0 atom stereocenters. The van der Waals surface area contributed by atoms with Crippen LogP contribution in [0.5, 0.6) is 0 Å². The molecule has 0 unspecified atom stereocenters. The third-order valence-corrected chi connectivity index (χ3v) is 6.94. The third kappa shape index (κ3) is 3.70. The van der Waals surface area contributed by atoms with Crippen molar-refractivity contribution < 1.29 is 0 Å². The summed E-state index contributed by atoms with van der Waals surface area (Å²) in [5.74, 6) is 1.44. The second-order valence-electron chi connectivity index (χ2n) is 8.92. The molecule has 2 fully saturated rings. The Morgan fingerprint density at radius 2 is 1.70 bits per heavy atom. The second kappa shape index (κ2) is 8.44. The number of anilines is 2. The summed E-state index contributed by atoms with van der Waals surface area (Å²) in [6.07, 6.45) is 12.6. The number of nitrogens with two attached hydrogens (primary N) is 1. The highest BCUT2D eigenvalue weighted by atomic mass is 15.3. The minimum Gasteiger partial charge on any atom is -0.382 e. The molecule has 0 amide bonds. The van der Waals surface area contributed by atoms with Crippen LogP contribution in [-0.2, 0) is 0 Å². The zero-order valence-electron chi connectivity index (χ0n) is 18.6. The maximum atomic E-state index is 6.25. The van der Waals surface area contributed by atoms with E-state index < -0.39 is 0 Å². The summed E-state index contributed by atoms with van der Waals surface area (Å²) in [5.41, 5.74) is 10.5. The molecule has 0 aromatic carbocycles. The van der Waals surface area contributed by atoms with Crippen LogP contribution in [-0.4, -0.2) is 61.7 Å². The molecule has 0 spiro atoms. The van der Waals surface area contributed by atoms with Crippen molar-refractivity contribution in [1.29, 1.82) is 0 Å². The van der Waals surface area contributed by atoms with Crippen molar-refractivity contribution in [3.63, 3.8) is 0 Å². The van der Waals surface area contributed by atoms with Crippen molar-refractivity contribution in [2.45, 2.75) is 31.7 Å². The standard InChI is InChI=1S/C25H28N8/c26-23-22(21-7-1-2-10-27-21)25-29-16-18(17-33(25)30-23)20-6-5-11-28-24(20)32-14-8-19(9-15-32)31-12-3-4-13-31/h1-2,5-7,10-11,16-17,19H,3-4,8-9,12-15H2,(H2,26,30). The SMILES string of the molecule is Nc1nn2cc(-c3cccnc3N3CCC(N4CCCC4)CC3)cnc2c1-c1ccccn1. The highest BCUT2D eigenvalue weighted by Gasteiger charge is 2.28. The molecule has 0 radical (unpaired) electrons. The van der Waals surface area contributed by atoms with E-state index in [0.717, 1.165) is 41.3 Å². The highest BCUT2D eigenvalue weighted by molar-refractivity contribution is 5.85. The summed E-state index contributed by atoms with van der Waals surface area (Å²) in [6, 6.07) is 10.6. The Labute approximate surface area is 193 Å². The van der Waals surface area contributed by atoms with Gasteiger partial charge in [0.25, 0.3) is 0 Å². The fourth-order valence-electron chi connectivity index (χ4n) is 5.27. The fourth-order valence-corrected chi connectivity index (χ4v) is 5.27. The van der Waals surface area contributed by atoms with Crippen LogP contribution in [0, 0.1) is 0 Å². The Balaban J connectivity index is 1.30. The van der Waals surface area contributed by atoms with Crippen molar-refractivity contribution >= 4 is 17.3 Å². The van der Waals surface area contributed by atoms with Crippen molar-refractivity contribution in [3.8, 4) is 22.4 Å². The smallest absolute Gasteiger partial charge is 0.166 e. The van der Waals surface area contributed by atoms with Crippen LogP contribution in [0.3, 0.4) is 0 Å². The minimum absolute atomic E-state index is 0.425. The zero-order chi connectivity index (χ0) is 22.2. The molecule has 8 heteroatoms. The number of nitrogens with zero attached hydrogens (tertiary/aromatic N) is 7. The number of likely N-dealkylation sites (tertiary alicyclic amines) is 1. The number of rotatable bonds is 4. The third-order valence-electron chi connectivity index (χ3n) is 6.94. The molecule has 2 saturated heterocycles. The molecule has 6 heterocycles. The van der Waals surface area contributed by atoms with E-state index in [4.69, 9.17) is 15.7 Å². The molecule has 2 aliphatic heterocycles. The van der Waals surface area contributed by atoms with Gasteiger partial charge in [0, 0.05) is 55.0 Å². The summed E-state index contributed by atoms with van der Waals surface area (Å²) in [6.45, 7) is 4.58. The van der Waals surface area contributed by atoms with Gasteiger partial charge in [-0.2, -0.15) is 0 Å². The maximum Gasteiger partial charge on any atom is 0.166 e. The van der Waals surface area contributed by atoms with Crippen molar-refractivity contribution in [2.24, 2.45) is 0 Å². The summed E-state index contributed by atoms with van der Waals surface area (Å²) < 4.78 is 1.76. The average Bonchev–Trinajstić information content (AvgIpc) is 3.52. The van der Waals surface area contributed by atoms with Gasteiger partial charge in [-0.15, -0.1) is 5.10 Å². The molecule has 0 saturated carbocycles. The van der Waals surface area contributed by atoms with E-state index in [1.54, 1.807) is 10.7 Å². The summed E-state index contributed by atoms with van der Waals surface area (Å²) in [5, 5.41) is 4.52. The lowest BCUT2D eigenvalue weighted by Crippen LogP contribution is -2.44. The first-order valence-electron chi connectivity index (χ1n) is 11.8.